The number of hydrogen-bond donors (Lipinski definition) is 1. The van der Waals surface area contributed by atoms with Crippen LogP contribution in [0, 0.1) is 12.8 Å². The summed E-state index contributed by atoms with van der Waals surface area (Å²) in [6.45, 7) is 7.77. The molecule has 6 heteroatoms. The molecule has 0 unspecified atom stereocenters. The first-order valence-electron chi connectivity index (χ1n) is 10.6. The molecular formula is C24H28N4O2. The van der Waals surface area contributed by atoms with E-state index in [2.05, 4.69) is 27.3 Å². The molecule has 6 nitrogen and oxygen atoms in total. The zero-order chi connectivity index (χ0) is 20.9. The van der Waals surface area contributed by atoms with Gasteiger partial charge in [-0.3, -0.25) is 9.69 Å². The highest BCUT2D eigenvalue weighted by Gasteiger charge is 2.16. The Hall–Kier alpha value is -2.99. The molecule has 30 heavy (non-hydrogen) atoms. The van der Waals surface area contributed by atoms with Gasteiger partial charge in [-0.25, -0.2) is 0 Å². The van der Waals surface area contributed by atoms with Crippen molar-refractivity contribution in [3.63, 3.8) is 0 Å². The Labute approximate surface area is 177 Å². The number of aromatic nitrogens is 2. The van der Waals surface area contributed by atoms with Crippen molar-refractivity contribution in [2.24, 2.45) is 5.92 Å². The fourth-order valence-electron chi connectivity index (χ4n) is 3.94. The number of benzene rings is 2. The van der Waals surface area contributed by atoms with Crippen LogP contribution < -0.4 is 5.32 Å². The molecule has 0 aliphatic carbocycles. The van der Waals surface area contributed by atoms with Crippen molar-refractivity contribution < 1.29 is 9.32 Å². The summed E-state index contributed by atoms with van der Waals surface area (Å²) in [5, 5.41) is 6.86. The Morgan fingerprint density at radius 2 is 2.07 bits per heavy atom. The van der Waals surface area contributed by atoms with E-state index in [1.165, 1.54) is 18.4 Å². The number of rotatable bonds is 6. The highest BCUT2D eigenvalue weighted by Crippen LogP contribution is 2.19. The minimum absolute atomic E-state index is 0.150. The molecule has 4 rings (SSSR count). The van der Waals surface area contributed by atoms with Gasteiger partial charge in [0.1, 0.15) is 0 Å². The molecule has 1 amide bonds. The summed E-state index contributed by atoms with van der Waals surface area (Å²) in [5.41, 5.74) is 3.89. The molecule has 2 heterocycles. The van der Waals surface area contributed by atoms with Gasteiger partial charge in [0.05, 0.1) is 6.54 Å². The standard InChI is InChI=1S/C24H28N4O2/c1-17-5-3-7-21(13-17)23-26-22(30-27-23)14-25-24(29)20-10-8-19(9-11-20)16-28-12-4-6-18(2)15-28/h3,5,7-11,13,18H,4,6,12,14-16H2,1-2H3,(H,25,29)/t18-/m0/s1. The maximum absolute atomic E-state index is 12.5. The van der Waals surface area contributed by atoms with Crippen molar-refractivity contribution in [1.82, 2.24) is 20.4 Å². The van der Waals surface area contributed by atoms with E-state index < -0.39 is 0 Å². The van der Waals surface area contributed by atoms with Crippen LogP contribution in [0.2, 0.25) is 0 Å². The summed E-state index contributed by atoms with van der Waals surface area (Å²) in [6, 6.07) is 15.7. The minimum atomic E-state index is -0.150. The van der Waals surface area contributed by atoms with Crippen molar-refractivity contribution in [2.45, 2.75) is 39.8 Å². The van der Waals surface area contributed by atoms with Gasteiger partial charge in [-0.15, -0.1) is 0 Å². The SMILES string of the molecule is Cc1cccc(-c2noc(CNC(=O)c3ccc(CN4CCC[C@H](C)C4)cc3)n2)c1. The lowest BCUT2D eigenvalue weighted by Gasteiger charge is -2.30. The van der Waals surface area contributed by atoms with Gasteiger partial charge in [0.15, 0.2) is 0 Å². The monoisotopic (exact) mass is 404 g/mol. The highest BCUT2D eigenvalue weighted by molar-refractivity contribution is 5.94. The normalized spacial score (nSPS) is 17.1. The lowest BCUT2D eigenvalue weighted by molar-refractivity contribution is 0.0946. The number of carbonyl (C=O) groups excluding carboxylic acids is 1. The van der Waals surface area contributed by atoms with Crippen LogP contribution in [0.1, 0.15) is 47.1 Å². The maximum Gasteiger partial charge on any atom is 0.251 e. The number of nitrogens with zero attached hydrogens (tertiary/aromatic N) is 3. The first-order valence-corrected chi connectivity index (χ1v) is 10.6. The maximum atomic E-state index is 12.5. The van der Waals surface area contributed by atoms with Crippen molar-refractivity contribution >= 4 is 5.91 Å². The quantitative estimate of drug-likeness (QED) is 0.666. The van der Waals surface area contributed by atoms with Gasteiger partial charge in [0, 0.05) is 24.2 Å². The van der Waals surface area contributed by atoms with Crippen molar-refractivity contribution in [2.75, 3.05) is 13.1 Å². The molecule has 1 aliphatic heterocycles. The van der Waals surface area contributed by atoms with E-state index in [4.69, 9.17) is 4.52 Å². The van der Waals surface area contributed by atoms with Crippen LogP contribution in [0.5, 0.6) is 0 Å². The molecule has 0 saturated carbocycles. The molecule has 0 bridgehead atoms. The molecule has 3 aromatic rings. The summed E-state index contributed by atoms with van der Waals surface area (Å²) >= 11 is 0. The average molecular weight is 405 g/mol. The fraction of sp³-hybridized carbons (Fsp3) is 0.375. The van der Waals surface area contributed by atoms with Gasteiger partial charge in [-0.2, -0.15) is 4.98 Å². The van der Waals surface area contributed by atoms with E-state index >= 15 is 0 Å². The summed E-state index contributed by atoms with van der Waals surface area (Å²) in [6.07, 6.45) is 2.59. The van der Waals surface area contributed by atoms with Gasteiger partial charge in [-0.05, 0) is 56.0 Å². The Morgan fingerprint density at radius 3 is 2.83 bits per heavy atom. The Balaban J connectivity index is 1.31. The number of carbonyl (C=O) groups is 1. The molecule has 1 N–H and O–H groups in total. The van der Waals surface area contributed by atoms with Gasteiger partial charge in [0.2, 0.25) is 11.7 Å². The third-order valence-electron chi connectivity index (χ3n) is 5.51. The van der Waals surface area contributed by atoms with Crippen LogP contribution in [0.4, 0.5) is 0 Å². The molecular weight excluding hydrogens is 376 g/mol. The highest BCUT2D eigenvalue weighted by atomic mass is 16.5. The zero-order valence-electron chi connectivity index (χ0n) is 17.6. The summed E-state index contributed by atoms with van der Waals surface area (Å²) < 4.78 is 5.28. The third kappa shape index (κ3) is 5.13. The van der Waals surface area contributed by atoms with Gasteiger partial charge in [-0.1, -0.05) is 48.0 Å². The largest absolute Gasteiger partial charge is 0.343 e. The van der Waals surface area contributed by atoms with Crippen LogP contribution in [0.15, 0.2) is 53.1 Å². The second-order valence-electron chi connectivity index (χ2n) is 8.24. The third-order valence-corrected chi connectivity index (χ3v) is 5.51. The summed E-state index contributed by atoms with van der Waals surface area (Å²) in [7, 11) is 0. The van der Waals surface area contributed by atoms with Crippen LogP contribution in [-0.2, 0) is 13.1 Å². The van der Waals surface area contributed by atoms with E-state index in [-0.39, 0.29) is 12.5 Å². The first kappa shape index (κ1) is 20.3. The number of hydrogen-bond acceptors (Lipinski definition) is 5. The second kappa shape index (κ2) is 9.22. The molecule has 1 fully saturated rings. The smallest absolute Gasteiger partial charge is 0.251 e. The number of likely N-dealkylation sites (tertiary alicyclic amines) is 1. The predicted molar refractivity (Wildman–Crippen MR) is 116 cm³/mol. The fourth-order valence-corrected chi connectivity index (χ4v) is 3.94. The topological polar surface area (TPSA) is 71.3 Å². The van der Waals surface area contributed by atoms with E-state index in [1.807, 2.05) is 55.5 Å². The molecule has 1 atom stereocenters. The Morgan fingerprint density at radius 1 is 1.23 bits per heavy atom. The lowest BCUT2D eigenvalue weighted by Crippen LogP contribution is -2.33. The zero-order valence-corrected chi connectivity index (χ0v) is 17.6. The van der Waals surface area contributed by atoms with Gasteiger partial charge >= 0.3 is 0 Å². The molecule has 1 aromatic heterocycles. The summed E-state index contributed by atoms with van der Waals surface area (Å²) in [4.78, 5) is 19.3. The Bertz CT molecular complexity index is 996. The van der Waals surface area contributed by atoms with Crippen molar-refractivity contribution in [1.29, 1.82) is 0 Å². The lowest BCUT2D eigenvalue weighted by atomic mass is 9.99. The van der Waals surface area contributed by atoms with Crippen molar-refractivity contribution in [3.8, 4) is 11.4 Å². The number of amides is 1. The van der Waals surface area contributed by atoms with Gasteiger partial charge < -0.3 is 9.84 Å². The van der Waals surface area contributed by atoms with E-state index in [1.54, 1.807) is 0 Å². The number of aryl methyl sites for hydroxylation is 1. The van der Waals surface area contributed by atoms with E-state index in [9.17, 15) is 4.79 Å². The molecule has 156 valence electrons. The van der Waals surface area contributed by atoms with E-state index in [0.29, 0.717) is 17.3 Å². The molecule has 2 aromatic carbocycles. The minimum Gasteiger partial charge on any atom is -0.343 e. The molecule has 1 aliphatic rings. The Kier molecular flexibility index (Phi) is 6.23. The molecule has 1 saturated heterocycles. The van der Waals surface area contributed by atoms with E-state index in [0.717, 1.165) is 36.7 Å². The van der Waals surface area contributed by atoms with Crippen LogP contribution in [0.25, 0.3) is 11.4 Å². The second-order valence-corrected chi connectivity index (χ2v) is 8.24. The average Bonchev–Trinajstić information content (AvgIpc) is 3.22. The van der Waals surface area contributed by atoms with Crippen LogP contribution in [0.3, 0.4) is 0 Å². The van der Waals surface area contributed by atoms with Crippen LogP contribution >= 0.6 is 0 Å². The van der Waals surface area contributed by atoms with Crippen LogP contribution in [-0.4, -0.2) is 34.0 Å². The first-order chi connectivity index (χ1) is 14.6. The number of piperidine rings is 1. The predicted octanol–water partition coefficient (Wildman–Crippen LogP) is 4.21. The molecule has 0 radical (unpaired) electrons. The van der Waals surface area contributed by atoms with Crippen molar-refractivity contribution in [3.05, 3.63) is 71.1 Å². The number of nitrogens with one attached hydrogen (secondary N) is 1. The molecule has 0 spiro atoms. The van der Waals surface area contributed by atoms with Gasteiger partial charge in [0.25, 0.3) is 5.91 Å². The summed E-state index contributed by atoms with van der Waals surface area (Å²) in [5.74, 6) is 1.53.